The number of hydrogen-bond donors (Lipinski definition) is 2. The number of carbonyl (C=O) groups is 2. The second-order valence-electron chi connectivity index (χ2n) is 6.58. The van der Waals surface area contributed by atoms with E-state index in [1.165, 1.54) is 38.3 Å². The Morgan fingerprint density at radius 2 is 1.86 bits per heavy atom. The Bertz CT molecular complexity index is 854. The van der Waals surface area contributed by atoms with Crippen molar-refractivity contribution in [2.24, 2.45) is 0 Å². The minimum absolute atomic E-state index is 0.0390. The monoisotopic (exact) mass is 409 g/mol. The maximum Gasteiger partial charge on any atom is 0.324 e. The third-order valence-corrected chi connectivity index (χ3v) is 6.01. The summed E-state index contributed by atoms with van der Waals surface area (Å²) in [7, 11) is -2.49. The molecule has 1 atom stereocenters. The van der Waals surface area contributed by atoms with Gasteiger partial charge in [0.1, 0.15) is 17.3 Å². The fraction of sp³-hybridized carbons (Fsp3) is 0.500. The number of rotatable bonds is 8. The summed E-state index contributed by atoms with van der Waals surface area (Å²) in [6, 6.07) is 6.56. The molecule has 1 unspecified atom stereocenters. The van der Waals surface area contributed by atoms with E-state index in [-0.39, 0.29) is 4.90 Å². The van der Waals surface area contributed by atoms with Gasteiger partial charge < -0.3 is 14.8 Å². The van der Waals surface area contributed by atoms with E-state index in [1.54, 1.807) is 0 Å². The van der Waals surface area contributed by atoms with Gasteiger partial charge in [-0.05, 0) is 56.9 Å². The Kier molecular flexibility index (Phi) is 6.99. The molecule has 1 amide bonds. The average Bonchev–Trinajstić information content (AvgIpc) is 3.14. The molecular formula is C18H23N3O6S. The van der Waals surface area contributed by atoms with Crippen LogP contribution in [0.5, 0.6) is 5.75 Å². The number of nitrogens with one attached hydrogen (secondary N) is 2. The highest BCUT2D eigenvalue weighted by atomic mass is 32.2. The summed E-state index contributed by atoms with van der Waals surface area (Å²) in [5, 5.41) is 11.8. The Hall–Kier alpha value is -2.64. The zero-order valence-corrected chi connectivity index (χ0v) is 16.5. The lowest BCUT2D eigenvalue weighted by atomic mass is 10.00. The number of sulfonamides is 1. The number of ether oxygens (including phenoxy) is 2. The maximum absolute atomic E-state index is 12.3. The Labute approximate surface area is 164 Å². The quantitative estimate of drug-likeness (QED) is 0.608. The summed E-state index contributed by atoms with van der Waals surface area (Å²) < 4.78 is 36.7. The number of carbonyl (C=O) groups excluding carboxylic acids is 2. The summed E-state index contributed by atoms with van der Waals surface area (Å²) >= 11 is 0. The smallest absolute Gasteiger partial charge is 0.324 e. The van der Waals surface area contributed by atoms with Crippen LogP contribution < -0.4 is 14.8 Å². The molecule has 0 aliphatic heterocycles. The second-order valence-corrected chi connectivity index (χ2v) is 8.29. The van der Waals surface area contributed by atoms with Crippen LogP contribution in [-0.2, 0) is 24.3 Å². The largest absolute Gasteiger partial charge is 0.497 e. The molecule has 1 fully saturated rings. The first-order valence-electron chi connectivity index (χ1n) is 8.77. The summed E-state index contributed by atoms with van der Waals surface area (Å²) in [5.41, 5.74) is -0.912. The predicted octanol–water partition coefficient (Wildman–Crippen LogP) is 0.858. The SMILES string of the molecule is COc1ccc(S(=O)(=O)NC(C)C(=O)OCC(=O)NC2(C#N)CCCC2)cc1. The number of nitrogens with zero attached hydrogens (tertiary/aromatic N) is 1. The molecule has 0 saturated heterocycles. The highest BCUT2D eigenvalue weighted by Crippen LogP contribution is 2.28. The molecule has 1 aromatic rings. The molecule has 1 aliphatic carbocycles. The van der Waals surface area contributed by atoms with Crippen LogP contribution in [0.3, 0.4) is 0 Å². The first kappa shape index (κ1) is 21.7. The Balaban J connectivity index is 1.88. The predicted molar refractivity (Wildman–Crippen MR) is 98.7 cm³/mol. The van der Waals surface area contributed by atoms with Crippen LogP contribution in [0.4, 0.5) is 0 Å². The number of hydrogen-bond acceptors (Lipinski definition) is 7. The van der Waals surface area contributed by atoms with Gasteiger partial charge in [-0.25, -0.2) is 8.42 Å². The van der Waals surface area contributed by atoms with Crippen LogP contribution in [0.2, 0.25) is 0 Å². The third-order valence-electron chi connectivity index (χ3n) is 4.45. The lowest BCUT2D eigenvalue weighted by molar-refractivity contribution is -0.150. The molecule has 2 rings (SSSR count). The van der Waals surface area contributed by atoms with E-state index in [9.17, 15) is 23.3 Å². The van der Waals surface area contributed by atoms with Gasteiger partial charge >= 0.3 is 5.97 Å². The van der Waals surface area contributed by atoms with Crippen molar-refractivity contribution in [2.45, 2.75) is 49.1 Å². The fourth-order valence-corrected chi connectivity index (χ4v) is 4.10. The van der Waals surface area contributed by atoms with Crippen LogP contribution in [0, 0.1) is 11.3 Å². The fourth-order valence-electron chi connectivity index (χ4n) is 2.91. The molecule has 10 heteroatoms. The van der Waals surface area contributed by atoms with Crippen molar-refractivity contribution in [3.63, 3.8) is 0 Å². The molecular weight excluding hydrogens is 386 g/mol. The lowest BCUT2D eigenvalue weighted by Crippen LogP contribution is -2.47. The number of esters is 1. The number of nitriles is 1. The average molecular weight is 409 g/mol. The zero-order chi connectivity index (χ0) is 20.8. The van der Waals surface area contributed by atoms with E-state index >= 15 is 0 Å². The molecule has 0 aromatic heterocycles. The molecule has 1 aromatic carbocycles. The third kappa shape index (κ3) is 5.43. The second kappa shape index (κ2) is 9.03. The number of benzene rings is 1. The molecule has 9 nitrogen and oxygen atoms in total. The van der Waals surface area contributed by atoms with Gasteiger partial charge in [-0.15, -0.1) is 0 Å². The van der Waals surface area contributed by atoms with E-state index in [0.717, 1.165) is 12.8 Å². The Morgan fingerprint density at radius 3 is 2.39 bits per heavy atom. The first-order valence-corrected chi connectivity index (χ1v) is 10.2. The number of amides is 1. The van der Waals surface area contributed by atoms with Gasteiger partial charge in [0.15, 0.2) is 6.61 Å². The van der Waals surface area contributed by atoms with E-state index in [2.05, 4.69) is 16.1 Å². The molecule has 0 heterocycles. The van der Waals surface area contributed by atoms with Gasteiger partial charge in [0.05, 0.1) is 18.1 Å². The summed E-state index contributed by atoms with van der Waals surface area (Å²) in [5.74, 6) is -0.999. The molecule has 0 spiro atoms. The Morgan fingerprint density at radius 1 is 1.25 bits per heavy atom. The summed E-state index contributed by atoms with van der Waals surface area (Å²) in [6.45, 7) is 0.728. The van der Waals surface area contributed by atoms with Crippen LogP contribution >= 0.6 is 0 Å². The van der Waals surface area contributed by atoms with Crippen LogP contribution in [0.25, 0.3) is 0 Å². The van der Waals surface area contributed by atoms with E-state index in [1.807, 2.05) is 0 Å². The molecule has 152 valence electrons. The van der Waals surface area contributed by atoms with Crippen LogP contribution in [0.15, 0.2) is 29.2 Å². The topological polar surface area (TPSA) is 135 Å². The van der Waals surface area contributed by atoms with E-state index in [0.29, 0.717) is 18.6 Å². The first-order chi connectivity index (χ1) is 13.2. The van der Waals surface area contributed by atoms with Crippen molar-refractivity contribution >= 4 is 21.9 Å². The summed E-state index contributed by atoms with van der Waals surface area (Å²) in [6.07, 6.45) is 2.80. The van der Waals surface area contributed by atoms with Crippen molar-refractivity contribution in [1.29, 1.82) is 5.26 Å². The van der Waals surface area contributed by atoms with Crippen LogP contribution in [-0.4, -0.2) is 45.6 Å². The minimum Gasteiger partial charge on any atom is -0.497 e. The molecule has 28 heavy (non-hydrogen) atoms. The molecule has 0 bridgehead atoms. The molecule has 0 radical (unpaired) electrons. The van der Waals surface area contributed by atoms with Gasteiger partial charge in [-0.3, -0.25) is 9.59 Å². The maximum atomic E-state index is 12.3. The minimum atomic E-state index is -3.95. The zero-order valence-electron chi connectivity index (χ0n) is 15.7. The van der Waals surface area contributed by atoms with Gasteiger partial charge in [0.25, 0.3) is 5.91 Å². The highest BCUT2D eigenvalue weighted by Gasteiger charge is 2.35. The van der Waals surface area contributed by atoms with Crippen molar-refractivity contribution in [3.05, 3.63) is 24.3 Å². The van der Waals surface area contributed by atoms with E-state index in [4.69, 9.17) is 9.47 Å². The highest BCUT2D eigenvalue weighted by molar-refractivity contribution is 7.89. The standard InChI is InChI=1S/C18H23N3O6S/c1-13(21-28(24,25)15-7-5-14(26-2)6-8-15)17(23)27-11-16(22)20-18(12-19)9-3-4-10-18/h5-8,13,21H,3-4,9-11H2,1-2H3,(H,20,22). The van der Waals surface area contributed by atoms with Crippen molar-refractivity contribution < 1.29 is 27.5 Å². The number of methoxy groups -OCH3 is 1. The van der Waals surface area contributed by atoms with Crippen molar-refractivity contribution in [2.75, 3.05) is 13.7 Å². The van der Waals surface area contributed by atoms with E-state index < -0.39 is 40.1 Å². The lowest BCUT2D eigenvalue weighted by Gasteiger charge is -2.22. The molecule has 1 saturated carbocycles. The van der Waals surface area contributed by atoms with Gasteiger partial charge in [-0.2, -0.15) is 9.98 Å². The van der Waals surface area contributed by atoms with Crippen LogP contribution in [0.1, 0.15) is 32.6 Å². The normalized spacial score (nSPS) is 16.6. The molecule has 1 aliphatic rings. The molecule has 2 N–H and O–H groups in total. The van der Waals surface area contributed by atoms with Gasteiger partial charge in [0, 0.05) is 0 Å². The summed E-state index contributed by atoms with van der Waals surface area (Å²) in [4.78, 5) is 24.0. The van der Waals surface area contributed by atoms with Gasteiger partial charge in [0.2, 0.25) is 10.0 Å². The van der Waals surface area contributed by atoms with Crippen molar-refractivity contribution in [1.82, 2.24) is 10.0 Å². The van der Waals surface area contributed by atoms with Crippen molar-refractivity contribution in [3.8, 4) is 11.8 Å². The van der Waals surface area contributed by atoms with Gasteiger partial charge in [-0.1, -0.05) is 0 Å².